The van der Waals surface area contributed by atoms with Crippen LogP contribution in [0.2, 0.25) is 0 Å². The summed E-state index contributed by atoms with van der Waals surface area (Å²) in [6, 6.07) is 14.7. The minimum atomic E-state index is -1.24. The van der Waals surface area contributed by atoms with E-state index < -0.39 is 29.9 Å². The molecule has 136 valence electrons. The Bertz CT molecular complexity index is 968. The van der Waals surface area contributed by atoms with Gasteiger partial charge in [-0.15, -0.1) is 0 Å². The molecule has 0 aliphatic carbocycles. The van der Waals surface area contributed by atoms with E-state index in [1.807, 2.05) is 6.07 Å². The molecule has 0 unspecified atom stereocenters. The second kappa shape index (κ2) is 7.21. The number of carbonyl (C=O) groups is 3. The molecule has 7 nitrogen and oxygen atoms in total. The summed E-state index contributed by atoms with van der Waals surface area (Å²) in [6.07, 6.45) is 0. The molecule has 2 N–H and O–H groups in total. The predicted octanol–water partition coefficient (Wildman–Crippen LogP) is 2.73. The zero-order valence-electron chi connectivity index (χ0n) is 14.3. The maximum atomic E-state index is 12.8. The lowest BCUT2D eigenvalue weighted by atomic mass is 9.92. The number of nitrogens with one attached hydrogen (secondary N) is 2. The molecule has 2 aromatic carbocycles. The number of benzene rings is 2. The van der Waals surface area contributed by atoms with E-state index in [9.17, 15) is 14.4 Å². The van der Waals surface area contributed by atoms with Gasteiger partial charge in [0, 0.05) is 10.2 Å². The van der Waals surface area contributed by atoms with Crippen molar-refractivity contribution in [2.75, 3.05) is 11.9 Å². The summed E-state index contributed by atoms with van der Waals surface area (Å²) >= 11 is 3.33. The summed E-state index contributed by atoms with van der Waals surface area (Å²) in [4.78, 5) is 38.3. The van der Waals surface area contributed by atoms with Gasteiger partial charge in [-0.3, -0.25) is 14.5 Å². The van der Waals surface area contributed by atoms with Crippen LogP contribution < -0.4 is 10.6 Å². The molecule has 1 heterocycles. The average Bonchev–Trinajstić information content (AvgIpc) is 2.86. The summed E-state index contributed by atoms with van der Waals surface area (Å²) in [5, 5.41) is 14.1. The van der Waals surface area contributed by atoms with Gasteiger partial charge in [0.25, 0.3) is 5.91 Å². The quantitative estimate of drug-likeness (QED) is 0.733. The highest BCUT2D eigenvalue weighted by Crippen LogP contribution is 2.29. The van der Waals surface area contributed by atoms with Gasteiger partial charge in [0.1, 0.15) is 12.1 Å². The highest BCUT2D eigenvalue weighted by molar-refractivity contribution is 9.10. The number of hydrogen-bond donors (Lipinski definition) is 2. The summed E-state index contributed by atoms with van der Waals surface area (Å²) < 4.78 is 0.849. The molecule has 0 aromatic heterocycles. The van der Waals surface area contributed by atoms with E-state index in [1.165, 1.54) is 6.07 Å². The summed E-state index contributed by atoms with van der Waals surface area (Å²) in [6.45, 7) is 1.18. The minimum absolute atomic E-state index is 0.394. The Morgan fingerprint density at radius 2 is 1.96 bits per heavy atom. The number of anilines is 1. The van der Waals surface area contributed by atoms with Crippen molar-refractivity contribution in [1.82, 2.24) is 10.2 Å². The summed E-state index contributed by atoms with van der Waals surface area (Å²) in [5.74, 6) is -1.04. The fourth-order valence-electron chi connectivity index (χ4n) is 2.83. The Hall–Kier alpha value is -3.18. The smallest absolute Gasteiger partial charge is 0.324 e. The maximum Gasteiger partial charge on any atom is 0.325 e. The zero-order chi connectivity index (χ0) is 19.6. The van der Waals surface area contributed by atoms with Crippen LogP contribution in [0.4, 0.5) is 10.5 Å². The average molecular weight is 427 g/mol. The number of halogens is 1. The predicted molar refractivity (Wildman–Crippen MR) is 102 cm³/mol. The van der Waals surface area contributed by atoms with Crippen LogP contribution in [-0.4, -0.2) is 29.3 Å². The van der Waals surface area contributed by atoms with Gasteiger partial charge in [-0.05, 0) is 42.8 Å². The Balaban J connectivity index is 1.74. The molecule has 2 aromatic rings. The highest BCUT2D eigenvalue weighted by Gasteiger charge is 2.49. The molecular weight excluding hydrogens is 412 g/mol. The van der Waals surface area contributed by atoms with E-state index in [1.54, 1.807) is 49.4 Å². The molecule has 1 fully saturated rings. The lowest BCUT2D eigenvalue weighted by molar-refractivity contribution is -0.133. The Morgan fingerprint density at radius 3 is 2.63 bits per heavy atom. The second-order valence-corrected chi connectivity index (χ2v) is 7.11. The largest absolute Gasteiger partial charge is 0.325 e. The normalized spacial score (nSPS) is 18.8. The molecule has 1 aliphatic rings. The van der Waals surface area contributed by atoms with Crippen LogP contribution in [-0.2, 0) is 15.1 Å². The highest BCUT2D eigenvalue weighted by atomic mass is 79.9. The first-order valence-electron chi connectivity index (χ1n) is 8.03. The van der Waals surface area contributed by atoms with Gasteiger partial charge in [-0.2, -0.15) is 5.26 Å². The first-order chi connectivity index (χ1) is 12.8. The fraction of sp³-hybridized carbons (Fsp3) is 0.158. The van der Waals surface area contributed by atoms with E-state index in [4.69, 9.17) is 5.26 Å². The van der Waals surface area contributed by atoms with Crippen LogP contribution in [0, 0.1) is 11.3 Å². The molecule has 0 saturated carbocycles. The third kappa shape index (κ3) is 3.68. The lowest BCUT2D eigenvalue weighted by Gasteiger charge is -2.22. The van der Waals surface area contributed by atoms with E-state index >= 15 is 0 Å². The Morgan fingerprint density at radius 1 is 1.26 bits per heavy atom. The maximum absolute atomic E-state index is 12.8. The van der Waals surface area contributed by atoms with Gasteiger partial charge in [-0.1, -0.05) is 34.1 Å². The van der Waals surface area contributed by atoms with Crippen molar-refractivity contribution >= 4 is 39.5 Å². The van der Waals surface area contributed by atoms with Gasteiger partial charge in [0.15, 0.2) is 0 Å². The number of urea groups is 1. The summed E-state index contributed by atoms with van der Waals surface area (Å²) in [5.41, 5.74) is 0.194. The van der Waals surface area contributed by atoms with Crippen molar-refractivity contribution < 1.29 is 14.4 Å². The van der Waals surface area contributed by atoms with Gasteiger partial charge < -0.3 is 10.6 Å². The molecular formula is C19H15BrN4O3. The molecule has 8 heteroatoms. The topological polar surface area (TPSA) is 102 Å². The number of carbonyl (C=O) groups excluding carboxylic acids is 3. The number of nitrogens with zero attached hydrogens (tertiary/aromatic N) is 2. The molecule has 4 amide bonds. The molecule has 3 rings (SSSR count). The van der Waals surface area contributed by atoms with Crippen LogP contribution in [0.15, 0.2) is 53.0 Å². The van der Waals surface area contributed by atoms with Crippen LogP contribution >= 0.6 is 15.9 Å². The molecule has 1 aliphatic heterocycles. The molecule has 1 atom stereocenters. The second-order valence-electron chi connectivity index (χ2n) is 6.19. The Kier molecular flexibility index (Phi) is 4.97. The van der Waals surface area contributed by atoms with Gasteiger partial charge in [0.05, 0.1) is 11.6 Å². The van der Waals surface area contributed by atoms with Gasteiger partial charge in [-0.25, -0.2) is 4.79 Å². The first-order valence-corrected chi connectivity index (χ1v) is 8.83. The monoisotopic (exact) mass is 426 g/mol. The standard InChI is InChI=1S/C19H15BrN4O3/c1-19(13-5-7-14(20)8-6-13)17(26)24(18(27)23-19)11-16(25)22-15-4-2-3-12(9-15)10-21/h2-9H,11H2,1H3,(H,22,25)(H,23,27)/t19-/m0/s1. The number of hydrogen-bond acceptors (Lipinski definition) is 4. The molecule has 0 bridgehead atoms. The van der Waals surface area contributed by atoms with Crippen molar-refractivity contribution in [3.8, 4) is 6.07 Å². The van der Waals surface area contributed by atoms with E-state index in [2.05, 4.69) is 26.6 Å². The van der Waals surface area contributed by atoms with E-state index in [-0.39, 0.29) is 0 Å². The lowest BCUT2D eigenvalue weighted by Crippen LogP contribution is -2.42. The molecule has 0 spiro atoms. The van der Waals surface area contributed by atoms with Gasteiger partial charge in [0.2, 0.25) is 5.91 Å². The Labute approximate surface area is 164 Å². The summed E-state index contributed by atoms with van der Waals surface area (Å²) in [7, 11) is 0. The number of amides is 4. The van der Waals surface area contributed by atoms with Crippen LogP contribution in [0.3, 0.4) is 0 Å². The number of nitriles is 1. The third-order valence-corrected chi connectivity index (χ3v) is 4.80. The van der Waals surface area contributed by atoms with E-state index in [0.29, 0.717) is 16.8 Å². The number of imide groups is 1. The fourth-order valence-corrected chi connectivity index (χ4v) is 3.09. The van der Waals surface area contributed by atoms with Crippen LogP contribution in [0.5, 0.6) is 0 Å². The van der Waals surface area contributed by atoms with Crippen molar-refractivity contribution in [2.45, 2.75) is 12.5 Å². The SMILES string of the molecule is C[C@@]1(c2ccc(Br)cc2)NC(=O)N(CC(=O)Nc2cccc(C#N)c2)C1=O. The van der Waals surface area contributed by atoms with Crippen molar-refractivity contribution in [3.63, 3.8) is 0 Å². The van der Waals surface area contributed by atoms with Crippen molar-refractivity contribution in [2.24, 2.45) is 0 Å². The van der Waals surface area contributed by atoms with Crippen molar-refractivity contribution in [3.05, 3.63) is 64.1 Å². The van der Waals surface area contributed by atoms with Crippen LogP contribution in [0.25, 0.3) is 0 Å². The van der Waals surface area contributed by atoms with Crippen molar-refractivity contribution in [1.29, 1.82) is 5.26 Å². The van der Waals surface area contributed by atoms with Gasteiger partial charge >= 0.3 is 6.03 Å². The molecule has 1 saturated heterocycles. The zero-order valence-corrected chi connectivity index (χ0v) is 15.9. The molecule has 0 radical (unpaired) electrons. The first kappa shape index (κ1) is 18.6. The van der Waals surface area contributed by atoms with Crippen LogP contribution in [0.1, 0.15) is 18.1 Å². The number of rotatable bonds is 4. The van der Waals surface area contributed by atoms with E-state index in [0.717, 1.165) is 9.37 Å². The third-order valence-electron chi connectivity index (χ3n) is 4.27. The minimum Gasteiger partial charge on any atom is -0.324 e. The molecule has 27 heavy (non-hydrogen) atoms.